The van der Waals surface area contributed by atoms with Gasteiger partial charge in [-0.25, -0.2) is 4.79 Å². The standard InChI is InChI=1S/C15H17NO2/c1-2-10-18-15(17)16-14-9-8-13(14)11-12-6-4-3-5-7-12/h2-7H,1,8-11H2,(H,16,17). The number of hydrogen-bond donors (Lipinski definition) is 1. The molecule has 0 heterocycles. The second-order valence-corrected chi connectivity index (χ2v) is 4.26. The zero-order valence-electron chi connectivity index (χ0n) is 10.3. The molecule has 1 amide bonds. The van der Waals surface area contributed by atoms with Crippen molar-refractivity contribution in [1.29, 1.82) is 0 Å². The Morgan fingerprint density at radius 2 is 2.11 bits per heavy atom. The predicted octanol–water partition coefficient (Wildman–Crippen LogP) is 3.19. The van der Waals surface area contributed by atoms with E-state index in [-0.39, 0.29) is 6.61 Å². The lowest BCUT2D eigenvalue weighted by molar-refractivity contribution is 0.160. The van der Waals surface area contributed by atoms with Gasteiger partial charge in [0, 0.05) is 5.70 Å². The van der Waals surface area contributed by atoms with Gasteiger partial charge in [-0.3, -0.25) is 5.32 Å². The number of ether oxygens (including phenoxy) is 1. The molecule has 0 saturated carbocycles. The highest BCUT2D eigenvalue weighted by atomic mass is 16.5. The average Bonchev–Trinajstić information content (AvgIpc) is 2.40. The highest BCUT2D eigenvalue weighted by Gasteiger charge is 2.19. The molecule has 0 aliphatic heterocycles. The smallest absolute Gasteiger partial charge is 0.411 e. The lowest BCUT2D eigenvalue weighted by Crippen LogP contribution is -2.29. The van der Waals surface area contributed by atoms with Crippen molar-refractivity contribution < 1.29 is 9.53 Å². The minimum atomic E-state index is -0.393. The van der Waals surface area contributed by atoms with Crippen molar-refractivity contribution in [3.05, 3.63) is 59.8 Å². The van der Waals surface area contributed by atoms with E-state index < -0.39 is 6.09 Å². The van der Waals surface area contributed by atoms with Gasteiger partial charge in [-0.1, -0.05) is 43.0 Å². The molecular weight excluding hydrogens is 226 g/mol. The maximum Gasteiger partial charge on any atom is 0.411 e. The van der Waals surface area contributed by atoms with Gasteiger partial charge in [-0.05, 0) is 30.4 Å². The van der Waals surface area contributed by atoms with Crippen LogP contribution >= 0.6 is 0 Å². The first-order valence-corrected chi connectivity index (χ1v) is 6.09. The molecule has 0 fully saturated rings. The summed E-state index contributed by atoms with van der Waals surface area (Å²) in [5, 5.41) is 2.79. The first-order valence-electron chi connectivity index (χ1n) is 6.09. The van der Waals surface area contributed by atoms with E-state index in [1.807, 2.05) is 18.2 Å². The number of allylic oxidation sites excluding steroid dienone is 2. The third-order valence-corrected chi connectivity index (χ3v) is 2.95. The molecule has 0 unspecified atom stereocenters. The Bertz CT molecular complexity index is 463. The number of carbonyl (C=O) groups excluding carboxylic acids is 1. The van der Waals surface area contributed by atoms with Crippen LogP contribution in [-0.4, -0.2) is 12.7 Å². The number of alkyl carbamates (subject to hydrolysis) is 1. The van der Waals surface area contributed by atoms with Crippen LogP contribution in [0.3, 0.4) is 0 Å². The summed E-state index contributed by atoms with van der Waals surface area (Å²) in [6.07, 6.45) is 4.03. The lowest BCUT2D eigenvalue weighted by atomic mass is 9.89. The zero-order chi connectivity index (χ0) is 12.8. The first kappa shape index (κ1) is 12.4. The van der Waals surface area contributed by atoms with Gasteiger partial charge in [0.1, 0.15) is 6.61 Å². The molecule has 1 aliphatic carbocycles. The minimum absolute atomic E-state index is 0.243. The van der Waals surface area contributed by atoms with E-state index in [0.717, 1.165) is 25.0 Å². The summed E-state index contributed by atoms with van der Waals surface area (Å²) in [6.45, 7) is 3.74. The Morgan fingerprint density at radius 1 is 1.33 bits per heavy atom. The van der Waals surface area contributed by atoms with Crippen LogP contribution in [0.1, 0.15) is 18.4 Å². The Kier molecular flexibility index (Phi) is 4.18. The number of carbonyl (C=O) groups is 1. The Morgan fingerprint density at radius 3 is 2.72 bits per heavy atom. The molecule has 0 saturated heterocycles. The van der Waals surface area contributed by atoms with Crippen molar-refractivity contribution in [3.8, 4) is 0 Å². The fourth-order valence-electron chi connectivity index (χ4n) is 1.91. The summed E-state index contributed by atoms with van der Waals surface area (Å²) < 4.78 is 4.89. The van der Waals surface area contributed by atoms with Crippen molar-refractivity contribution in [3.63, 3.8) is 0 Å². The van der Waals surface area contributed by atoms with E-state index in [1.165, 1.54) is 11.1 Å². The van der Waals surface area contributed by atoms with Crippen molar-refractivity contribution >= 4 is 6.09 Å². The summed E-state index contributed by atoms with van der Waals surface area (Å²) in [5.41, 5.74) is 3.57. The van der Waals surface area contributed by atoms with E-state index in [9.17, 15) is 4.79 Å². The second kappa shape index (κ2) is 6.05. The van der Waals surface area contributed by atoms with Gasteiger partial charge in [0.05, 0.1) is 0 Å². The molecule has 94 valence electrons. The summed E-state index contributed by atoms with van der Waals surface area (Å²) in [4.78, 5) is 11.4. The molecule has 3 nitrogen and oxygen atoms in total. The van der Waals surface area contributed by atoms with Gasteiger partial charge in [0.25, 0.3) is 0 Å². The van der Waals surface area contributed by atoms with E-state index >= 15 is 0 Å². The van der Waals surface area contributed by atoms with E-state index in [1.54, 1.807) is 6.08 Å². The summed E-state index contributed by atoms with van der Waals surface area (Å²) in [5.74, 6) is 0. The predicted molar refractivity (Wildman–Crippen MR) is 71.1 cm³/mol. The molecule has 1 aliphatic rings. The van der Waals surface area contributed by atoms with Crippen LogP contribution in [0.15, 0.2) is 54.3 Å². The van der Waals surface area contributed by atoms with E-state index in [0.29, 0.717) is 0 Å². The topological polar surface area (TPSA) is 38.3 Å². The maximum atomic E-state index is 11.4. The number of rotatable bonds is 5. The third-order valence-electron chi connectivity index (χ3n) is 2.95. The number of benzene rings is 1. The molecule has 0 atom stereocenters. The lowest BCUT2D eigenvalue weighted by Gasteiger charge is -2.24. The minimum Gasteiger partial charge on any atom is -0.445 e. The van der Waals surface area contributed by atoms with Crippen LogP contribution in [0.5, 0.6) is 0 Å². The van der Waals surface area contributed by atoms with Crippen molar-refractivity contribution in [2.24, 2.45) is 0 Å². The Labute approximate surface area is 107 Å². The molecule has 18 heavy (non-hydrogen) atoms. The van der Waals surface area contributed by atoms with E-state index in [4.69, 9.17) is 4.74 Å². The van der Waals surface area contributed by atoms with Crippen LogP contribution in [0.4, 0.5) is 4.79 Å². The van der Waals surface area contributed by atoms with Gasteiger partial charge >= 0.3 is 6.09 Å². The van der Waals surface area contributed by atoms with Crippen LogP contribution in [-0.2, 0) is 11.2 Å². The van der Waals surface area contributed by atoms with Crippen LogP contribution < -0.4 is 5.32 Å². The fraction of sp³-hybridized carbons (Fsp3) is 0.267. The van der Waals surface area contributed by atoms with Gasteiger partial charge in [-0.2, -0.15) is 0 Å². The second-order valence-electron chi connectivity index (χ2n) is 4.26. The highest BCUT2D eigenvalue weighted by Crippen LogP contribution is 2.28. The Hall–Kier alpha value is -2.03. The van der Waals surface area contributed by atoms with Crippen LogP contribution in [0, 0.1) is 0 Å². The molecular formula is C15H17NO2. The van der Waals surface area contributed by atoms with Gasteiger partial charge < -0.3 is 4.74 Å². The molecule has 1 aromatic rings. The third kappa shape index (κ3) is 3.23. The quantitative estimate of drug-likeness (QED) is 0.806. The normalized spacial score (nSPS) is 13.8. The molecule has 0 radical (unpaired) electrons. The molecule has 0 bridgehead atoms. The SMILES string of the molecule is C=CCOC(=O)NC1=C(Cc2ccccc2)CC1. The largest absolute Gasteiger partial charge is 0.445 e. The number of hydrogen-bond acceptors (Lipinski definition) is 2. The summed E-state index contributed by atoms with van der Waals surface area (Å²) >= 11 is 0. The molecule has 1 aromatic carbocycles. The molecule has 2 rings (SSSR count). The van der Waals surface area contributed by atoms with Crippen molar-refractivity contribution in [2.45, 2.75) is 19.3 Å². The number of nitrogens with one attached hydrogen (secondary N) is 1. The maximum absolute atomic E-state index is 11.4. The average molecular weight is 243 g/mol. The van der Waals surface area contributed by atoms with Gasteiger partial charge in [0.15, 0.2) is 0 Å². The van der Waals surface area contributed by atoms with E-state index in [2.05, 4.69) is 24.0 Å². The molecule has 3 heteroatoms. The van der Waals surface area contributed by atoms with Gasteiger partial charge in [0.2, 0.25) is 0 Å². The van der Waals surface area contributed by atoms with Crippen LogP contribution in [0.25, 0.3) is 0 Å². The zero-order valence-corrected chi connectivity index (χ0v) is 10.3. The number of amides is 1. The van der Waals surface area contributed by atoms with Crippen molar-refractivity contribution in [1.82, 2.24) is 5.32 Å². The van der Waals surface area contributed by atoms with Gasteiger partial charge in [-0.15, -0.1) is 0 Å². The first-order chi connectivity index (χ1) is 8.79. The van der Waals surface area contributed by atoms with Crippen molar-refractivity contribution in [2.75, 3.05) is 6.61 Å². The molecule has 0 spiro atoms. The Balaban J connectivity index is 1.91. The molecule has 1 N–H and O–H groups in total. The monoisotopic (exact) mass is 243 g/mol. The summed E-state index contributed by atoms with van der Waals surface area (Å²) in [7, 11) is 0. The molecule has 0 aromatic heterocycles. The highest BCUT2D eigenvalue weighted by molar-refractivity contribution is 5.70. The summed E-state index contributed by atoms with van der Waals surface area (Å²) in [6, 6.07) is 10.3. The van der Waals surface area contributed by atoms with Crippen LogP contribution in [0.2, 0.25) is 0 Å². The fourth-order valence-corrected chi connectivity index (χ4v) is 1.91.